The van der Waals surface area contributed by atoms with Gasteiger partial charge in [-0.05, 0) is 61.7 Å². The molecule has 2 rings (SSSR count). The lowest BCUT2D eigenvalue weighted by molar-refractivity contribution is 0.409. The molecule has 0 aliphatic rings. The van der Waals surface area contributed by atoms with E-state index < -0.39 is 0 Å². The van der Waals surface area contributed by atoms with Gasteiger partial charge in [0.05, 0.1) is 28.9 Å². The normalized spacial score (nSPS) is 10.2. The summed E-state index contributed by atoms with van der Waals surface area (Å²) in [6.07, 6.45) is 0. The summed E-state index contributed by atoms with van der Waals surface area (Å²) in [5.74, 6) is 1.63. The molecule has 1 N–H and O–H groups in total. The summed E-state index contributed by atoms with van der Waals surface area (Å²) in [7, 11) is 3.32. The Bertz CT molecular complexity index is 579. The van der Waals surface area contributed by atoms with Gasteiger partial charge in [-0.3, -0.25) is 0 Å². The third-order valence-corrected chi connectivity index (χ3v) is 4.03. The highest BCUT2D eigenvalue weighted by atomic mass is 79.9. The zero-order chi connectivity index (χ0) is 14.5. The maximum atomic E-state index is 5.32. The Morgan fingerprint density at radius 1 is 1.00 bits per heavy atom. The van der Waals surface area contributed by atoms with Gasteiger partial charge in [-0.2, -0.15) is 0 Å². The first-order valence-corrected chi connectivity index (χ1v) is 7.63. The Labute approximate surface area is 135 Å². The summed E-state index contributed by atoms with van der Waals surface area (Å²) < 4.78 is 12.5. The van der Waals surface area contributed by atoms with Crippen LogP contribution in [0.5, 0.6) is 11.5 Å². The van der Waals surface area contributed by atoms with Crippen LogP contribution >= 0.6 is 31.9 Å². The molecule has 0 saturated heterocycles. The first kappa shape index (κ1) is 15.2. The third kappa shape index (κ3) is 3.46. The zero-order valence-electron chi connectivity index (χ0n) is 11.2. The van der Waals surface area contributed by atoms with Crippen molar-refractivity contribution in [1.82, 2.24) is 0 Å². The molecule has 0 amide bonds. The first-order chi connectivity index (χ1) is 9.65. The minimum atomic E-state index is 0.696. The Hall–Kier alpha value is -1.20. The molecule has 3 nitrogen and oxygen atoms in total. The fourth-order valence-corrected chi connectivity index (χ4v) is 3.50. The van der Waals surface area contributed by atoms with Crippen LogP contribution in [0.1, 0.15) is 5.56 Å². The molecule has 0 unspecified atom stereocenters. The van der Waals surface area contributed by atoms with E-state index in [0.717, 1.165) is 31.7 Å². The molecule has 0 aliphatic carbocycles. The first-order valence-electron chi connectivity index (χ1n) is 6.04. The van der Waals surface area contributed by atoms with Crippen molar-refractivity contribution in [2.24, 2.45) is 0 Å². The van der Waals surface area contributed by atoms with E-state index in [2.05, 4.69) is 37.2 Å². The third-order valence-electron chi connectivity index (χ3n) is 2.85. The SMILES string of the molecule is COc1ccccc1NCc1cc(Br)c(OC)c(Br)c1. The van der Waals surface area contributed by atoms with Crippen LogP contribution in [0.25, 0.3) is 0 Å². The van der Waals surface area contributed by atoms with Crippen molar-refractivity contribution in [2.75, 3.05) is 19.5 Å². The van der Waals surface area contributed by atoms with Gasteiger partial charge in [-0.25, -0.2) is 0 Å². The van der Waals surface area contributed by atoms with Crippen molar-refractivity contribution in [3.63, 3.8) is 0 Å². The molecule has 5 heteroatoms. The van der Waals surface area contributed by atoms with E-state index in [1.54, 1.807) is 14.2 Å². The van der Waals surface area contributed by atoms with E-state index in [4.69, 9.17) is 9.47 Å². The molecule has 0 saturated carbocycles. The number of methoxy groups -OCH3 is 2. The van der Waals surface area contributed by atoms with E-state index in [9.17, 15) is 0 Å². The number of anilines is 1. The average molecular weight is 401 g/mol. The Kier molecular flexibility index (Phi) is 5.31. The maximum Gasteiger partial charge on any atom is 0.147 e. The number of benzene rings is 2. The highest BCUT2D eigenvalue weighted by Crippen LogP contribution is 2.34. The van der Waals surface area contributed by atoms with Crippen molar-refractivity contribution >= 4 is 37.5 Å². The number of hydrogen-bond acceptors (Lipinski definition) is 3. The second kappa shape index (κ2) is 6.99. The zero-order valence-corrected chi connectivity index (χ0v) is 14.4. The second-order valence-electron chi connectivity index (χ2n) is 4.15. The van der Waals surface area contributed by atoms with Gasteiger partial charge in [0.1, 0.15) is 11.5 Å². The van der Waals surface area contributed by atoms with Crippen LogP contribution in [0.4, 0.5) is 5.69 Å². The van der Waals surface area contributed by atoms with Crippen LogP contribution in [-0.2, 0) is 6.54 Å². The van der Waals surface area contributed by atoms with Crippen molar-refractivity contribution < 1.29 is 9.47 Å². The Morgan fingerprint density at radius 2 is 1.65 bits per heavy atom. The monoisotopic (exact) mass is 399 g/mol. The number of hydrogen-bond donors (Lipinski definition) is 1. The Balaban J connectivity index is 2.15. The van der Waals surface area contributed by atoms with Crippen LogP contribution in [0, 0.1) is 0 Å². The van der Waals surface area contributed by atoms with Crippen LogP contribution in [0.3, 0.4) is 0 Å². The molecular formula is C15H15Br2NO2. The average Bonchev–Trinajstić information content (AvgIpc) is 2.45. The minimum absolute atomic E-state index is 0.696. The molecule has 0 heterocycles. The fourth-order valence-electron chi connectivity index (χ4n) is 1.90. The molecule has 106 valence electrons. The lowest BCUT2D eigenvalue weighted by atomic mass is 10.2. The lowest BCUT2D eigenvalue weighted by Crippen LogP contribution is -2.02. The summed E-state index contributed by atoms with van der Waals surface area (Å²) in [4.78, 5) is 0. The van der Waals surface area contributed by atoms with Crippen molar-refractivity contribution in [2.45, 2.75) is 6.54 Å². The molecule has 0 aromatic heterocycles. The summed E-state index contributed by atoms with van der Waals surface area (Å²) >= 11 is 7.01. The van der Waals surface area contributed by atoms with Crippen LogP contribution < -0.4 is 14.8 Å². The summed E-state index contributed by atoms with van der Waals surface area (Å²) in [6, 6.07) is 11.9. The highest BCUT2D eigenvalue weighted by Gasteiger charge is 2.08. The molecule has 0 aliphatic heterocycles. The minimum Gasteiger partial charge on any atom is -0.495 e. The van der Waals surface area contributed by atoms with Gasteiger partial charge < -0.3 is 14.8 Å². The molecular weight excluding hydrogens is 386 g/mol. The van der Waals surface area contributed by atoms with Crippen molar-refractivity contribution in [1.29, 1.82) is 0 Å². The summed E-state index contributed by atoms with van der Waals surface area (Å²) in [5, 5.41) is 3.36. The predicted octanol–water partition coefficient (Wildman–Crippen LogP) is 4.84. The van der Waals surface area contributed by atoms with Crippen molar-refractivity contribution in [3.05, 3.63) is 50.9 Å². The molecule has 0 fully saturated rings. The van der Waals surface area contributed by atoms with Crippen LogP contribution in [-0.4, -0.2) is 14.2 Å². The lowest BCUT2D eigenvalue weighted by Gasteiger charge is -2.13. The van der Waals surface area contributed by atoms with Gasteiger partial charge in [-0.15, -0.1) is 0 Å². The smallest absolute Gasteiger partial charge is 0.147 e. The van der Waals surface area contributed by atoms with E-state index in [1.165, 1.54) is 0 Å². The van der Waals surface area contributed by atoms with Gasteiger partial charge in [0, 0.05) is 6.54 Å². The van der Waals surface area contributed by atoms with Crippen molar-refractivity contribution in [3.8, 4) is 11.5 Å². The molecule has 0 spiro atoms. The van der Waals surface area contributed by atoms with Gasteiger partial charge in [0.25, 0.3) is 0 Å². The van der Waals surface area contributed by atoms with E-state index >= 15 is 0 Å². The second-order valence-corrected chi connectivity index (χ2v) is 5.86. The Morgan fingerprint density at radius 3 is 2.25 bits per heavy atom. The van der Waals surface area contributed by atoms with Gasteiger partial charge in [0.15, 0.2) is 0 Å². The molecule has 2 aromatic carbocycles. The standard InChI is InChI=1S/C15H15Br2NO2/c1-19-14-6-4-3-5-13(14)18-9-10-7-11(16)15(20-2)12(17)8-10/h3-8,18H,9H2,1-2H3. The molecule has 2 aromatic rings. The largest absolute Gasteiger partial charge is 0.495 e. The number of rotatable bonds is 5. The van der Waals surface area contributed by atoms with E-state index in [1.807, 2.05) is 36.4 Å². The van der Waals surface area contributed by atoms with E-state index in [0.29, 0.717) is 6.54 Å². The quantitative estimate of drug-likeness (QED) is 0.778. The highest BCUT2D eigenvalue weighted by molar-refractivity contribution is 9.11. The van der Waals surface area contributed by atoms with Gasteiger partial charge >= 0.3 is 0 Å². The van der Waals surface area contributed by atoms with Gasteiger partial charge in [0.2, 0.25) is 0 Å². The topological polar surface area (TPSA) is 30.5 Å². The predicted molar refractivity (Wildman–Crippen MR) is 88.7 cm³/mol. The van der Waals surface area contributed by atoms with Gasteiger partial charge in [-0.1, -0.05) is 12.1 Å². The van der Waals surface area contributed by atoms with Crippen LogP contribution in [0.2, 0.25) is 0 Å². The fraction of sp³-hybridized carbons (Fsp3) is 0.200. The summed E-state index contributed by atoms with van der Waals surface area (Å²) in [6.45, 7) is 0.696. The molecule has 0 bridgehead atoms. The number of para-hydroxylation sites is 2. The molecule has 0 atom stereocenters. The number of nitrogens with one attached hydrogen (secondary N) is 1. The number of ether oxygens (including phenoxy) is 2. The number of halogens is 2. The molecule has 20 heavy (non-hydrogen) atoms. The van der Waals surface area contributed by atoms with Crippen LogP contribution in [0.15, 0.2) is 45.3 Å². The summed E-state index contributed by atoms with van der Waals surface area (Å²) in [5.41, 5.74) is 2.11. The van der Waals surface area contributed by atoms with E-state index in [-0.39, 0.29) is 0 Å². The molecule has 0 radical (unpaired) electrons. The maximum absolute atomic E-state index is 5.32.